The van der Waals surface area contributed by atoms with Crippen molar-refractivity contribution in [1.82, 2.24) is 14.5 Å². The molecule has 2 fully saturated rings. The highest BCUT2D eigenvalue weighted by Crippen LogP contribution is 2.47. The zero-order valence-corrected chi connectivity index (χ0v) is 17.8. The number of aromatic nitrogens is 3. The summed E-state index contributed by atoms with van der Waals surface area (Å²) in [5, 5.41) is 6.14. The van der Waals surface area contributed by atoms with Crippen LogP contribution in [0.5, 0.6) is 0 Å². The van der Waals surface area contributed by atoms with Crippen molar-refractivity contribution in [1.29, 1.82) is 0 Å². The molecule has 0 radical (unpaired) electrons. The summed E-state index contributed by atoms with van der Waals surface area (Å²) in [6.45, 7) is 2.55. The van der Waals surface area contributed by atoms with E-state index in [1.54, 1.807) is 18.1 Å². The lowest BCUT2D eigenvalue weighted by molar-refractivity contribution is -0.0466. The molecule has 0 spiro atoms. The highest BCUT2D eigenvalue weighted by atomic mass is 32.2. The van der Waals surface area contributed by atoms with Crippen molar-refractivity contribution in [3.8, 4) is 0 Å². The van der Waals surface area contributed by atoms with Crippen LogP contribution in [0.4, 0.5) is 5.82 Å². The zero-order chi connectivity index (χ0) is 20.0. The SMILES string of the molecule is C[C@H]1C[C@H]2CSC(N)=N[C@@]2(c2nc(NC(=O)c3cn(C4CCC4)cn3)cs2)CO1. The van der Waals surface area contributed by atoms with Crippen LogP contribution in [0, 0.1) is 5.92 Å². The second kappa shape index (κ2) is 7.41. The molecule has 0 unspecified atom stereocenters. The number of thioether (sulfide) groups is 1. The number of hydrogen-bond acceptors (Lipinski definition) is 8. The van der Waals surface area contributed by atoms with Gasteiger partial charge in [0.1, 0.15) is 22.1 Å². The Morgan fingerprint density at radius 1 is 1.45 bits per heavy atom. The summed E-state index contributed by atoms with van der Waals surface area (Å²) < 4.78 is 7.98. The van der Waals surface area contributed by atoms with Crippen molar-refractivity contribution in [2.45, 2.75) is 50.3 Å². The lowest BCUT2D eigenvalue weighted by Gasteiger charge is -2.44. The van der Waals surface area contributed by atoms with Crippen LogP contribution < -0.4 is 11.1 Å². The van der Waals surface area contributed by atoms with Gasteiger partial charge >= 0.3 is 0 Å². The average Bonchev–Trinajstić information content (AvgIpc) is 3.31. The highest BCUT2D eigenvalue weighted by molar-refractivity contribution is 8.13. The fraction of sp³-hybridized carbons (Fsp3) is 0.579. The molecule has 5 rings (SSSR count). The first-order valence-corrected chi connectivity index (χ1v) is 11.8. The minimum absolute atomic E-state index is 0.202. The number of carbonyl (C=O) groups excluding carboxylic acids is 1. The second-order valence-corrected chi connectivity index (χ2v) is 9.92. The van der Waals surface area contributed by atoms with E-state index >= 15 is 0 Å². The number of rotatable bonds is 4. The maximum absolute atomic E-state index is 12.6. The number of nitrogens with zero attached hydrogens (tertiary/aromatic N) is 4. The molecule has 0 bridgehead atoms. The third-order valence-corrected chi connectivity index (χ3v) is 8.03. The van der Waals surface area contributed by atoms with Gasteiger partial charge in [-0.15, -0.1) is 11.3 Å². The van der Waals surface area contributed by atoms with Crippen molar-refractivity contribution in [3.63, 3.8) is 0 Å². The molecule has 4 heterocycles. The van der Waals surface area contributed by atoms with Crippen molar-refractivity contribution < 1.29 is 9.53 Å². The predicted octanol–water partition coefficient (Wildman–Crippen LogP) is 3.00. The number of nitrogens with two attached hydrogens (primary N) is 1. The molecule has 3 aliphatic rings. The Hall–Kier alpha value is -1.91. The van der Waals surface area contributed by atoms with Crippen LogP contribution in [0.2, 0.25) is 0 Å². The minimum Gasteiger partial charge on any atom is -0.379 e. The largest absolute Gasteiger partial charge is 0.379 e. The van der Waals surface area contributed by atoms with Gasteiger partial charge in [0.25, 0.3) is 5.91 Å². The predicted molar refractivity (Wildman–Crippen MR) is 114 cm³/mol. The molecule has 1 aliphatic carbocycles. The summed E-state index contributed by atoms with van der Waals surface area (Å²) in [4.78, 5) is 26.4. The van der Waals surface area contributed by atoms with E-state index in [-0.39, 0.29) is 12.0 Å². The van der Waals surface area contributed by atoms with Crippen LogP contribution in [0.3, 0.4) is 0 Å². The first kappa shape index (κ1) is 19.1. The average molecular weight is 433 g/mol. The van der Waals surface area contributed by atoms with Crippen molar-refractivity contribution >= 4 is 40.0 Å². The number of carbonyl (C=O) groups is 1. The fourth-order valence-corrected chi connectivity index (χ4v) is 6.10. The van der Waals surface area contributed by atoms with E-state index in [1.807, 2.05) is 16.1 Å². The van der Waals surface area contributed by atoms with Gasteiger partial charge in [-0.1, -0.05) is 11.8 Å². The molecule has 8 nitrogen and oxygen atoms in total. The molecule has 1 saturated heterocycles. The normalized spacial score (nSPS) is 29.6. The van der Waals surface area contributed by atoms with Crippen LogP contribution in [0.25, 0.3) is 0 Å². The number of ether oxygens (including phenoxy) is 1. The van der Waals surface area contributed by atoms with Crippen LogP contribution in [0.1, 0.15) is 54.1 Å². The molecule has 2 aromatic rings. The molecule has 3 N–H and O–H groups in total. The van der Waals surface area contributed by atoms with Gasteiger partial charge in [0.05, 0.1) is 19.0 Å². The van der Waals surface area contributed by atoms with Crippen LogP contribution in [-0.4, -0.2) is 44.1 Å². The number of aliphatic imine (C=N–C) groups is 1. The molecule has 29 heavy (non-hydrogen) atoms. The Labute approximate surface area is 177 Å². The topological polar surface area (TPSA) is 107 Å². The monoisotopic (exact) mass is 432 g/mol. The van der Waals surface area contributed by atoms with Crippen LogP contribution in [0.15, 0.2) is 22.9 Å². The third kappa shape index (κ3) is 3.47. The third-order valence-electron chi connectivity index (χ3n) is 6.07. The Morgan fingerprint density at radius 2 is 2.31 bits per heavy atom. The molecular formula is C19H24N6O2S2. The number of amides is 1. The molecule has 3 atom stereocenters. The summed E-state index contributed by atoms with van der Waals surface area (Å²) in [6, 6.07) is 0.479. The lowest BCUT2D eigenvalue weighted by atomic mass is 9.80. The van der Waals surface area contributed by atoms with Crippen molar-refractivity contribution in [3.05, 3.63) is 28.6 Å². The summed E-state index contributed by atoms with van der Waals surface area (Å²) in [5.41, 5.74) is 5.92. The standard InChI is InChI=1S/C19H24N6O2S2/c1-11-5-12-7-29-18(20)24-19(12,9-27-11)17-23-15(8-28-17)22-16(26)14-6-25(10-21-14)13-3-2-4-13/h6,8,10-13H,2-5,7,9H2,1H3,(H2,20,24)(H,22,26)/t11-,12-,19-/m0/s1. The van der Waals surface area contributed by atoms with Crippen LogP contribution in [-0.2, 0) is 10.3 Å². The lowest BCUT2D eigenvalue weighted by Crippen LogP contribution is -2.49. The van der Waals surface area contributed by atoms with E-state index in [0.29, 0.717) is 35.2 Å². The highest BCUT2D eigenvalue weighted by Gasteiger charge is 2.49. The van der Waals surface area contributed by atoms with Gasteiger partial charge in [0.15, 0.2) is 5.17 Å². The summed E-state index contributed by atoms with van der Waals surface area (Å²) in [5.74, 6) is 1.50. The van der Waals surface area contributed by atoms with Crippen molar-refractivity contribution in [2.24, 2.45) is 16.6 Å². The first-order valence-electron chi connectivity index (χ1n) is 9.94. The zero-order valence-electron chi connectivity index (χ0n) is 16.2. The number of anilines is 1. The maximum Gasteiger partial charge on any atom is 0.277 e. The van der Waals surface area contributed by atoms with Gasteiger partial charge in [-0.2, -0.15) is 0 Å². The summed E-state index contributed by atoms with van der Waals surface area (Å²) >= 11 is 3.09. The minimum atomic E-state index is -0.554. The second-order valence-electron chi connectivity index (χ2n) is 8.02. The Balaban J connectivity index is 1.35. The van der Waals surface area contributed by atoms with Crippen LogP contribution >= 0.6 is 23.1 Å². The van der Waals surface area contributed by atoms with E-state index in [1.165, 1.54) is 17.8 Å². The molecule has 1 amide bonds. The van der Waals surface area contributed by atoms with Gasteiger partial charge in [0, 0.05) is 29.3 Å². The summed E-state index contributed by atoms with van der Waals surface area (Å²) in [7, 11) is 0. The van der Waals surface area contributed by atoms with Gasteiger partial charge in [-0.25, -0.2) is 15.0 Å². The van der Waals surface area contributed by atoms with E-state index in [4.69, 9.17) is 20.4 Å². The van der Waals surface area contributed by atoms with E-state index in [0.717, 1.165) is 30.0 Å². The number of imidazole rings is 1. The smallest absolute Gasteiger partial charge is 0.277 e. The number of nitrogens with one attached hydrogen (secondary N) is 1. The van der Waals surface area contributed by atoms with E-state index in [9.17, 15) is 4.79 Å². The first-order chi connectivity index (χ1) is 14.0. The number of hydrogen-bond donors (Lipinski definition) is 2. The number of fused-ring (bicyclic) bond motifs is 1. The number of thiazole rings is 1. The molecule has 2 aromatic heterocycles. The summed E-state index contributed by atoms with van der Waals surface area (Å²) in [6.07, 6.45) is 8.23. The molecular weight excluding hydrogens is 408 g/mol. The molecule has 2 aliphatic heterocycles. The Bertz CT molecular complexity index is 952. The van der Waals surface area contributed by atoms with E-state index < -0.39 is 5.54 Å². The fourth-order valence-electron chi connectivity index (χ4n) is 4.13. The van der Waals surface area contributed by atoms with E-state index in [2.05, 4.69) is 17.2 Å². The molecule has 10 heteroatoms. The maximum atomic E-state index is 12.6. The van der Waals surface area contributed by atoms with Gasteiger partial charge in [-0.3, -0.25) is 4.79 Å². The van der Waals surface area contributed by atoms with Gasteiger partial charge in [-0.05, 0) is 32.6 Å². The Kier molecular flexibility index (Phi) is 4.87. The van der Waals surface area contributed by atoms with Gasteiger partial charge < -0.3 is 20.4 Å². The number of amidine groups is 1. The van der Waals surface area contributed by atoms with Crippen molar-refractivity contribution in [2.75, 3.05) is 17.7 Å². The van der Waals surface area contributed by atoms with Gasteiger partial charge in [0.2, 0.25) is 0 Å². The molecule has 1 saturated carbocycles. The molecule has 0 aromatic carbocycles. The quantitative estimate of drug-likeness (QED) is 0.769. The Morgan fingerprint density at radius 3 is 3.10 bits per heavy atom. The molecule has 154 valence electrons.